The molecule has 4 N–H and O–H groups in total. The van der Waals surface area contributed by atoms with Gasteiger partial charge in [-0.2, -0.15) is 0 Å². The van der Waals surface area contributed by atoms with E-state index in [1.54, 1.807) is 0 Å². The number of phosphoric ester groups is 1. The number of azide groups is 1. The Kier molecular flexibility index (Phi) is 26.3. The molecule has 0 radical (unpaired) electrons. The minimum atomic E-state index is -6.24. The van der Waals surface area contributed by atoms with Gasteiger partial charge in [0.05, 0.1) is 26.1 Å². The summed E-state index contributed by atoms with van der Waals surface area (Å²) in [4.78, 5) is 96.9. The van der Waals surface area contributed by atoms with Crippen LogP contribution >= 0.6 is 23.5 Å². The molecule has 304 valence electrons. The van der Waals surface area contributed by atoms with Crippen molar-refractivity contribution in [3.05, 3.63) is 77.9 Å². The second-order valence-corrected chi connectivity index (χ2v) is 15.2. The van der Waals surface area contributed by atoms with Gasteiger partial charge in [0.2, 0.25) is 5.91 Å². The van der Waals surface area contributed by atoms with Crippen LogP contribution in [-0.2, 0) is 36.4 Å². The molecule has 1 fully saturated rings. The fourth-order valence-electron chi connectivity index (χ4n) is 4.59. The van der Waals surface area contributed by atoms with E-state index in [1.807, 2.05) is 4.98 Å². The fraction of sp³-hybridized carbons (Fsp3) is 0.440. The summed E-state index contributed by atoms with van der Waals surface area (Å²) in [7, 11) is -18.4. The van der Waals surface area contributed by atoms with Crippen LogP contribution in [0.15, 0.2) is 27.0 Å². The third-order valence-corrected chi connectivity index (χ3v) is 10.7. The van der Waals surface area contributed by atoms with E-state index in [4.69, 9.17) is 10.3 Å². The van der Waals surface area contributed by atoms with Crippen LogP contribution in [0.5, 0.6) is 0 Å². The standard InChI is InChI=1S/C25H30F4N7O16P3.4Li/c26-18-17(19(27)21(29)22(20(18)28)34-35-30)24(40)32-7-3-1-2-6-15(38)31-8-4-5-12-10-36(25(41)33-23(12)39)16-9-13(37)14(50-16)11-49-54(45,46)52-55(47,48)51-53(42,43)44;;;;/h4-5,10,13-14,16,37H,1-3,6-9,11H2,(H,31,38)(H,32,40)(H,45,46)(H,47,48)(H,33,39,41)(H2,42,43,44);;;;/q;4*+1/p-4/b5-4+;;;;/t13-,14+,16+;;;;/m0..../s1. The van der Waals surface area contributed by atoms with Gasteiger partial charge in [-0.05, 0) is 18.4 Å². The van der Waals surface area contributed by atoms with Gasteiger partial charge in [0.1, 0.15) is 23.6 Å². The number of amides is 2. The molecule has 5 atom stereocenters. The van der Waals surface area contributed by atoms with Crippen LogP contribution in [0.3, 0.4) is 0 Å². The van der Waals surface area contributed by atoms with Gasteiger partial charge in [-0.1, -0.05) is 23.7 Å². The van der Waals surface area contributed by atoms with Gasteiger partial charge >= 0.3 is 81.1 Å². The van der Waals surface area contributed by atoms with Gasteiger partial charge in [0.15, 0.2) is 23.3 Å². The number of ether oxygens (including phenoxy) is 1. The second-order valence-electron chi connectivity index (χ2n) is 10.9. The Morgan fingerprint density at radius 1 is 0.983 bits per heavy atom. The number of halogens is 4. The quantitative estimate of drug-likeness (QED) is 0.0149. The number of nitrogens with one attached hydrogen (secondary N) is 3. The minimum Gasteiger partial charge on any atom is -0.790 e. The van der Waals surface area contributed by atoms with Crippen LogP contribution in [0, 0.1) is 23.3 Å². The van der Waals surface area contributed by atoms with Crippen molar-refractivity contribution in [3.63, 3.8) is 0 Å². The summed E-state index contributed by atoms with van der Waals surface area (Å²) in [6.07, 6.45) is -0.571. The van der Waals surface area contributed by atoms with Crippen LogP contribution in [0.25, 0.3) is 16.5 Å². The first kappa shape index (κ1) is 59.4. The van der Waals surface area contributed by atoms with Crippen LogP contribution in [0.4, 0.5) is 23.2 Å². The second kappa shape index (κ2) is 26.1. The molecule has 1 aliphatic rings. The number of phosphoric acid groups is 3. The molecule has 1 aliphatic heterocycles. The summed E-state index contributed by atoms with van der Waals surface area (Å²) in [6.45, 7) is -1.44. The predicted molar refractivity (Wildman–Crippen MR) is 165 cm³/mol. The van der Waals surface area contributed by atoms with Crippen molar-refractivity contribution in [2.75, 3.05) is 19.7 Å². The number of nitrogens with zero attached hydrogens (tertiary/aromatic N) is 4. The molecule has 2 unspecified atom stereocenters. The van der Waals surface area contributed by atoms with E-state index in [0.717, 1.165) is 10.8 Å². The van der Waals surface area contributed by atoms with Crippen molar-refractivity contribution >= 4 is 47.0 Å². The molecule has 59 heavy (non-hydrogen) atoms. The van der Waals surface area contributed by atoms with E-state index in [1.165, 1.54) is 12.2 Å². The SMILES string of the molecule is [Li+].[Li+].[Li+].[Li+].[N-]=[N+]=Nc1c(F)c(F)c(C(=O)NCCCCCC(=O)NC/C=C/c2cn([C@H]3C[C@H](O)[C@@H](COP(=O)([O-])OP(=O)([O-])OP(=O)([O-])[O-])O3)c(=O)[nH]c2=O)c(F)c1F. The summed E-state index contributed by atoms with van der Waals surface area (Å²) in [5.41, 5.74) is 3.09. The first-order chi connectivity index (χ1) is 25.6. The number of carbonyl (C=O) groups excluding carboxylic acids is 2. The normalized spacial score (nSPS) is 18.1. The fourth-order valence-corrected chi connectivity index (χ4v) is 7.46. The number of hydrogen-bond donors (Lipinski definition) is 4. The van der Waals surface area contributed by atoms with E-state index in [9.17, 15) is 75.1 Å². The van der Waals surface area contributed by atoms with Gasteiger partial charge in [-0.15, -0.1) is 0 Å². The molecule has 0 saturated carbocycles. The molecule has 1 aromatic carbocycles. The maximum Gasteiger partial charge on any atom is 1.00 e. The predicted octanol–water partition coefficient (Wildman–Crippen LogP) is -12.4. The average molecular weight is 877 g/mol. The van der Waals surface area contributed by atoms with Gasteiger partial charge in [-0.3, -0.25) is 37.4 Å². The van der Waals surface area contributed by atoms with Gasteiger partial charge in [0.25, 0.3) is 27.1 Å². The number of benzene rings is 1. The topological polar surface area (TPSA) is 362 Å². The van der Waals surface area contributed by atoms with Gasteiger partial charge in [-0.25, -0.2) is 26.7 Å². The summed E-state index contributed by atoms with van der Waals surface area (Å²) >= 11 is 0. The van der Waals surface area contributed by atoms with Gasteiger partial charge in [0, 0.05) is 37.0 Å². The van der Waals surface area contributed by atoms with Crippen molar-refractivity contribution < 1.29 is 159 Å². The number of hydrogen-bond acceptors (Lipinski definition) is 17. The molecule has 2 aromatic rings. The van der Waals surface area contributed by atoms with E-state index in [0.29, 0.717) is 6.42 Å². The molecule has 1 saturated heterocycles. The molecule has 2 amide bonds. The number of aromatic amines is 1. The van der Waals surface area contributed by atoms with Crippen molar-refractivity contribution in [3.8, 4) is 0 Å². The third-order valence-electron chi connectivity index (χ3n) is 7.00. The van der Waals surface area contributed by atoms with Crippen molar-refractivity contribution in [1.29, 1.82) is 0 Å². The molecule has 0 spiro atoms. The van der Waals surface area contributed by atoms with Crippen LogP contribution in [-0.4, -0.2) is 58.4 Å². The molecule has 3 rings (SSSR count). The molecular formula is C25H26F4Li4N7O16P3. The number of unbranched alkanes of at least 4 members (excludes halogenated alkanes) is 2. The molecule has 0 bridgehead atoms. The number of rotatable bonds is 19. The van der Waals surface area contributed by atoms with Gasteiger partial charge < -0.3 is 49.1 Å². The van der Waals surface area contributed by atoms with E-state index in [-0.39, 0.29) is 120 Å². The van der Waals surface area contributed by atoms with Crippen molar-refractivity contribution in [2.45, 2.75) is 50.5 Å². The maximum absolute atomic E-state index is 14.1. The zero-order chi connectivity index (χ0) is 41.3. The molecule has 23 nitrogen and oxygen atoms in total. The monoisotopic (exact) mass is 877 g/mol. The summed E-state index contributed by atoms with van der Waals surface area (Å²) in [5.74, 6) is -10.2. The Morgan fingerprint density at radius 3 is 2.17 bits per heavy atom. The Labute approximate surface area is 377 Å². The first-order valence-corrected chi connectivity index (χ1v) is 19.5. The van der Waals surface area contributed by atoms with E-state index in [2.05, 4.69) is 33.8 Å². The number of aromatic nitrogens is 2. The van der Waals surface area contributed by atoms with Crippen LogP contribution in [0.2, 0.25) is 0 Å². The molecule has 1 aromatic heterocycles. The number of aliphatic hydroxyl groups excluding tert-OH is 1. The summed E-state index contributed by atoms with van der Waals surface area (Å²) in [6, 6.07) is 0. The Hall–Kier alpha value is -1.67. The average Bonchev–Trinajstić information content (AvgIpc) is 3.43. The minimum absolute atomic E-state index is 0. The Morgan fingerprint density at radius 2 is 1.59 bits per heavy atom. The molecule has 0 aliphatic carbocycles. The summed E-state index contributed by atoms with van der Waals surface area (Å²) in [5, 5.41) is 17.4. The van der Waals surface area contributed by atoms with Crippen molar-refractivity contribution in [1.82, 2.24) is 20.2 Å². The van der Waals surface area contributed by atoms with Crippen molar-refractivity contribution in [2.24, 2.45) is 5.11 Å². The third kappa shape index (κ3) is 18.3. The Balaban J connectivity index is 0. The van der Waals surface area contributed by atoms with Crippen LogP contribution < -0.4 is 117 Å². The number of aliphatic hydroxyl groups is 1. The summed E-state index contributed by atoms with van der Waals surface area (Å²) < 4.78 is 106. The smallest absolute Gasteiger partial charge is 0.790 e. The van der Waals surface area contributed by atoms with E-state index < -0.39 is 106 Å². The molecule has 34 heteroatoms. The van der Waals surface area contributed by atoms with E-state index >= 15 is 0 Å². The molecule has 2 heterocycles. The molecular weight excluding hydrogens is 851 g/mol. The Bertz CT molecular complexity index is 2120. The van der Waals surface area contributed by atoms with Crippen LogP contribution in [0.1, 0.15) is 54.3 Å². The maximum atomic E-state index is 14.1. The number of carbonyl (C=O) groups is 2. The first-order valence-electron chi connectivity index (χ1n) is 15.1. The zero-order valence-corrected chi connectivity index (χ0v) is 34.0. The largest absolute Gasteiger partial charge is 1.00 e. The zero-order valence-electron chi connectivity index (χ0n) is 31.3. The number of H-pyrrole nitrogens is 1.